The molecule has 0 radical (unpaired) electrons. The Labute approximate surface area is 119 Å². The van der Waals surface area contributed by atoms with Gasteiger partial charge in [0.15, 0.2) is 0 Å². The van der Waals surface area contributed by atoms with Crippen LogP contribution in [0.3, 0.4) is 0 Å². The molecule has 0 aliphatic carbocycles. The van der Waals surface area contributed by atoms with Gasteiger partial charge in [-0.2, -0.15) is 0 Å². The van der Waals surface area contributed by atoms with Crippen LogP contribution in [0, 0.1) is 0 Å². The standard InChI is InChI=1S/C15H11ClN2O2/c16-13-8-14(19)18(15(20)17-13)9-11-6-3-5-10-4-1-2-7-12(10)11/h1-8H,9H2,(H,17,20). The van der Waals surface area contributed by atoms with E-state index in [1.54, 1.807) is 0 Å². The molecule has 0 bridgehead atoms. The third-order valence-electron chi connectivity index (χ3n) is 3.20. The average Bonchev–Trinajstić information content (AvgIpc) is 2.43. The fourth-order valence-corrected chi connectivity index (χ4v) is 2.42. The summed E-state index contributed by atoms with van der Waals surface area (Å²) in [6, 6.07) is 14.9. The van der Waals surface area contributed by atoms with Gasteiger partial charge in [-0.1, -0.05) is 54.1 Å². The molecule has 0 aliphatic heterocycles. The molecule has 3 rings (SSSR count). The molecule has 0 aliphatic rings. The van der Waals surface area contributed by atoms with Crippen molar-refractivity contribution in [2.24, 2.45) is 0 Å². The molecular formula is C15H11ClN2O2. The number of rotatable bonds is 2. The third-order valence-corrected chi connectivity index (χ3v) is 3.40. The van der Waals surface area contributed by atoms with Crippen LogP contribution in [0.25, 0.3) is 10.8 Å². The van der Waals surface area contributed by atoms with Crippen molar-refractivity contribution in [1.29, 1.82) is 0 Å². The van der Waals surface area contributed by atoms with Gasteiger partial charge in [0.05, 0.1) is 6.54 Å². The number of nitrogens with zero attached hydrogens (tertiary/aromatic N) is 1. The summed E-state index contributed by atoms with van der Waals surface area (Å²) in [6.07, 6.45) is 0. The third kappa shape index (κ3) is 2.26. The van der Waals surface area contributed by atoms with Crippen molar-refractivity contribution in [2.45, 2.75) is 6.54 Å². The van der Waals surface area contributed by atoms with E-state index in [9.17, 15) is 9.59 Å². The van der Waals surface area contributed by atoms with Crippen LogP contribution >= 0.6 is 11.6 Å². The number of nitrogens with one attached hydrogen (secondary N) is 1. The van der Waals surface area contributed by atoms with Gasteiger partial charge in [-0.25, -0.2) is 4.79 Å². The summed E-state index contributed by atoms with van der Waals surface area (Å²) in [5.74, 6) is 0. The number of fused-ring (bicyclic) bond motifs is 1. The largest absolute Gasteiger partial charge is 0.329 e. The smallest absolute Gasteiger partial charge is 0.298 e. The first-order chi connectivity index (χ1) is 9.65. The summed E-state index contributed by atoms with van der Waals surface area (Å²) in [4.78, 5) is 26.1. The Hall–Kier alpha value is -2.33. The highest BCUT2D eigenvalue weighted by molar-refractivity contribution is 6.29. The molecular weight excluding hydrogens is 276 g/mol. The predicted molar refractivity (Wildman–Crippen MR) is 79.4 cm³/mol. The first-order valence-electron chi connectivity index (χ1n) is 6.11. The maximum Gasteiger partial charge on any atom is 0.329 e. The van der Waals surface area contributed by atoms with Gasteiger partial charge < -0.3 is 0 Å². The lowest BCUT2D eigenvalue weighted by atomic mass is 10.0. The van der Waals surface area contributed by atoms with Crippen LogP contribution in [0.5, 0.6) is 0 Å². The highest BCUT2D eigenvalue weighted by Gasteiger charge is 2.06. The van der Waals surface area contributed by atoms with Crippen molar-refractivity contribution in [2.75, 3.05) is 0 Å². The first-order valence-corrected chi connectivity index (χ1v) is 6.49. The Bertz CT molecular complexity index is 860. The lowest BCUT2D eigenvalue weighted by molar-refractivity contribution is 0.702. The monoisotopic (exact) mass is 286 g/mol. The van der Waals surface area contributed by atoms with Gasteiger partial charge in [0.25, 0.3) is 5.56 Å². The molecule has 1 N–H and O–H groups in total. The Morgan fingerprint density at radius 3 is 2.60 bits per heavy atom. The molecule has 0 spiro atoms. The predicted octanol–water partition coefficient (Wildman–Crippen LogP) is 2.39. The molecule has 20 heavy (non-hydrogen) atoms. The van der Waals surface area contributed by atoms with Crippen molar-refractivity contribution >= 4 is 22.4 Å². The van der Waals surface area contributed by atoms with Crippen molar-refractivity contribution in [3.05, 3.63) is 80.1 Å². The minimum Gasteiger partial charge on any atom is -0.298 e. The number of H-pyrrole nitrogens is 1. The fraction of sp³-hybridized carbons (Fsp3) is 0.0667. The molecule has 0 saturated heterocycles. The van der Waals surface area contributed by atoms with E-state index in [0.29, 0.717) is 0 Å². The van der Waals surface area contributed by atoms with Crippen LogP contribution in [-0.4, -0.2) is 9.55 Å². The Balaban J connectivity index is 2.16. The van der Waals surface area contributed by atoms with Gasteiger partial charge in [-0.05, 0) is 16.3 Å². The van der Waals surface area contributed by atoms with E-state index in [4.69, 9.17) is 11.6 Å². The van der Waals surface area contributed by atoms with E-state index < -0.39 is 11.2 Å². The maximum absolute atomic E-state index is 11.9. The summed E-state index contributed by atoms with van der Waals surface area (Å²) in [6.45, 7) is 0.215. The highest BCUT2D eigenvalue weighted by atomic mass is 35.5. The summed E-state index contributed by atoms with van der Waals surface area (Å²) in [7, 11) is 0. The van der Waals surface area contributed by atoms with Crippen LogP contribution in [0.2, 0.25) is 5.15 Å². The lowest BCUT2D eigenvalue weighted by Gasteiger charge is -2.08. The van der Waals surface area contributed by atoms with Crippen LogP contribution in [0.15, 0.2) is 58.1 Å². The van der Waals surface area contributed by atoms with Crippen LogP contribution < -0.4 is 11.2 Å². The van der Waals surface area contributed by atoms with Crippen LogP contribution in [0.1, 0.15) is 5.56 Å². The summed E-state index contributed by atoms with van der Waals surface area (Å²) < 4.78 is 1.13. The zero-order valence-corrected chi connectivity index (χ0v) is 11.2. The maximum atomic E-state index is 11.9. The number of aromatic amines is 1. The molecule has 5 heteroatoms. The molecule has 0 saturated carbocycles. The number of hydrogen-bond acceptors (Lipinski definition) is 2. The Morgan fingerprint density at radius 1 is 1.05 bits per heavy atom. The zero-order chi connectivity index (χ0) is 14.1. The van der Waals surface area contributed by atoms with Crippen LogP contribution in [-0.2, 0) is 6.54 Å². The molecule has 1 heterocycles. The van der Waals surface area contributed by atoms with Crippen molar-refractivity contribution in [3.63, 3.8) is 0 Å². The minimum absolute atomic E-state index is 0.0502. The minimum atomic E-state index is -0.504. The van der Waals surface area contributed by atoms with Crippen molar-refractivity contribution in [3.8, 4) is 0 Å². The second-order valence-corrected chi connectivity index (χ2v) is 4.89. The van der Waals surface area contributed by atoms with Crippen LogP contribution in [0.4, 0.5) is 0 Å². The highest BCUT2D eigenvalue weighted by Crippen LogP contribution is 2.18. The topological polar surface area (TPSA) is 54.9 Å². The second-order valence-electron chi connectivity index (χ2n) is 4.49. The second kappa shape index (κ2) is 4.98. The van der Waals surface area contributed by atoms with Gasteiger partial charge in [-0.15, -0.1) is 0 Å². The van der Waals surface area contributed by atoms with E-state index in [2.05, 4.69) is 4.98 Å². The van der Waals surface area contributed by atoms with Gasteiger partial charge in [-0.3, -0.25) is 14.3 Å². The van der Waals surface area contributed by atoms with E-state index in [1.165, 1.54) is 6.07 Å². The molecule has 3 aromatic rings. The fourth-order valence-electron chi connectivity index (χ4n) is 2.24. The molecule has 0 atom stereocenters. The van der Waals surface area contributed by atoms with Gasteiger partial charge in [0.1, 0.15) is 5.15 Å². The first kappa shape index (κ1) is 12.7. The summed E-state index contributed by atoms with van der Waals surface area (Å²) >= 11 is 5.65. The average molecular weight is 287 g/mol. The molecule has 1 aromatic heterocycles. The lowest BCUT2D eigenvalue weighted by Crippen LogP contribution is -2.34. The molecule has 100 valence electrons. The number of aromatic nitrogens is 2. The van der Waals surface area contributed by atoms with Crippen molar-refractivity contribution in [1.82, 2.24) is 9.55 Å². The Kier molecular flexibility index (Phi) is 3.16. The van der Waals surface area contributed by atoms with E-state index in [0.717, 1.165) is 20.9 Å². The van der Waals surface area contributed by atoms with Gasteiger partial charge in [0, 0.05) is 6.07 Å². The van der Waals surface area contributed by atoms with Gasteiger partial charge in [0.2, 0.25) is 0 Å². The Morgan fingerprint density at radius 2 is 1.80 bits per heavy atom. The van der Waals surface area contributed by atoms with Crippen molar-refractivity contribution < 1.29 is 0 Å². The van der Waals surface area contributed by atoms with E-state index in [1.807, 2.05) is 42.5 Å². The molecule has 0 fully saturated rings. The SMILES string of the molecule is O=c1cc(Cl)[nH]c(=O)n1Cc1cccc2ccccc12. The number of benzene rings is 2. The number of halogens is 1. The van der Waals surface area contributed by atoms with E-state index >= 15 is 0 Å². The summed E-state index contributed by atoms with van der Waals surface area (Å²) in [5, 5.41) is 2.15. The molecule has 0 unspecified atom stereocenters. The van der Waals surface area contributed by atoms with Gasteiger partial charge >= 0.3 is 5.69 Å². The normalized spacial score (nSPS) is 10.8. The molecule has 4 nitrogen and oxygen atoms in total. The zero-order valence-electron chi connectivity index (χ0n) is 10.5. The molecule has 0 amide bonds. The molecule has 2 aromatic carbocycles. The summed E-state index contributed by atoms with van der Waals surface area (Å²) in [5.41, 5.74) is 0.000130. The van der Waals surface area contributed by atoms with E-state index in [-0.39, 0.29) is 11.7 Å². The quantitative estimate of drug-likeness (QED) is 0.736. The number of hydrogen-bond donors (Lipinski definition) is 1.